The van der Waals surface area contributed by atoms with Gasteiger partial charge in [0.2, 0.25) is 5.91 Å². The van der Waals surface area contributed by atoms with Gasteiger partial charge in [0.05, 0.1) is 17.6 Å². The van der Waals surface area contributed by atoms with Gasteiger partial charge in [0.1, 0.15) is 11.9 Å². The number of nitrogens with zero attached hydrogens (tertiary/aromatic N) is 4. The second-order valence-corrected chi connectivity index (χ2v) is 7.87. The van der Waals surface area contributed by atoms with Crippen LogP contribution in [-0.2, 0) is 4.79 Å². The Morgan fingerprint density at radius 2 is 2.07 bits per heavy atom. The highest BCUT2D eigenvalue weighted by molar-refractivity contribution is 5.99. The highest BCUT2D eigenvalue weighted by atomic mass is 16.2. The minimum Gasteiger partial charge on any atom is -0.382 e. The van der Waals surface area contributed by atoms with Crippen LogP contribution < -0.4 is 5.73 Å². The molecule has 154 valence electrons. The summed E-state index contributed by atoms with van der Waals surface area (Å²) in [6.45, 7) is 9.70. The zero-order chi connectivity index (χ0) is 21.1. The third-order valence-electron chi connectivity index (χ3n) is 5.31. The zero-order valence-corrected chi connectivity index (χ0v) is 17.6. The number of amides is 2. The lowest BCUT2D eigenvalue weighted by Crippen LogP contribution is -2.58. The predicted molar refractivity (Wildman–Crippen MR) is 113 cm³/mol. The largest absolute Gasteiger partial charge is 0.382 e. The summed E-state index contributed by atoms with van der Waals surface area (Å²) in [7, 11) is 0. The van der Waals surface area contributed by atoms with Crippen molar-refractivity contribution in [3.63, 3.8) is 0 Å². The number of anilines is 1. The normalized spacial score (nSPS) is 17.1. The number of aromatic nitrogens is 2. The Morgan fingerprint density at radius 3 is 2.72 bits per heavy atom. The number of rotatable bonds is 5. The second kappa shape index (κ2) is 8.59. The number of likely N-dealkylation sites (N-methyl/N-ethyl adjacent to an activating group) is 1. The van der Waals surface area contributed by atoms with Gasteiger partial charge < -0.3 is 15.5 Å². The SMILES string of the molecule is CCN1CCN(C(=O)c2cccc(-c3cnc(N)c(C)n3)c2)C(CC(C)C)C1=O. The average molecular weight is 396 g/mol. The zero-order valence-electron chi connectivity index (χ0n) is 17.6. The molecule has 0 saturated carbocycles. The lowest BCUT2D eigenvalue weighted by Gasteiger charge is -2.41. The molecule has 1 unspecified atom stereocenters. The van der Waals surface area contributed by atoms with Crippen molar-refractivity contribution < 1.29 is 9.59 Å². The number of nitrogens with two attached hydrogens (primary N) is 1. The van der Waals surface area contributed by atoms with Crippen LogP contribution in [0, 0.1) is 12.8 Å². The lowest BCUT2D eigenvalue weighted by atomic mass is 9.97. The molecule has 7 heteroatoms. The maximum atomic E-state index is 13.3. The van der Waals surface area contributed by atoms with Gasteiger partial charge in [0.25, 0.3) is 5.91 Å². The molecule has 1 aromatic carbocycles. The molecule has 0 bridgehead atoms. The number of benzene rings is 1. The maximum absolute atomic E-state index is 13.3. The van der Waals surface area contributed by atoms with Gasteiger partial charge >= 0.3 is 0 Å². The van der Waals surface area contributed by atoms with E-state index >= 15 is 0 Å². The number of hydrogen-bond donors (Lipinski definition) is 1. The molecule has 2 heterocycles. The quantitative estimate of drug-likeness (QED) is 0.840. The first kappa shape index (κ1) is 20.8. The standard InChI is InChI=1S/C22H29N5O2/c1-5-26-9-10-27(19(22(26)29)11-14(2)3)21(28)17-8-6-7-16(12-17)18-13-24-20(23)15(4)25-18/h6-8,12-14,19H,5,9-11H2,1-4H3,(H2,23,24). The van der Waals surface area contributed by atoms with Crippen molar-refractivity contribution >= 4 is 17.6 Å². The number of nitrogen functional groups attached to an aromatic ring is 1. The van der Waals surface area contributed by atoms with Crippen LogP contribution in [-0.4, -0.2) is 57.3 Å². The van der Waals surface area contributed by atoms with Gasteiger partial charge in [-0.15, -0.1) is 0 Å². The number of carbonyl (C=O) groups is 2. The molecule has 1 atom stereocenters. The van der Waals surface area contributed by atoms with Crippen LogP contribution in [0.25, 0.3) is 11.3 Å². The van der Waals surface area contributed by atoms with E-state index in [4.69, 9.17) is 5.73 Å². The molecule has 0 aliphatic carbocycles. The first-order valence-electron chi connectivity index (χ1n) is 10.1. The van der Waals surface area contributed by atoms with Gasteiger partial charge in [0, 0.05) is 30.8 Å². The van der Waals surface area contributed by atoms with Crippen molar-refractivity contribution in [2.24, 2.45) is 5.92 Å². The third kappa shape index (κ3) is 4.39. The van der Waals surface area contributed by atoms with E-state index in [1.165, 1.54) is 0 Å². The smallest absolute Gasteiger partial charge is 0.254 e. The van der Waals surface area contributed by atoms with Crippen LogP contribution in [0.1, 0.15) is 43.2 Å². The van der Waals surface area contributed by atoms with E-state index in [-0.39, 0.29) is 11.8 Å². The van der Waals surface area contributed by atoms with Crippen molar-refractivity contribution in [3.8, 4) is 11.3 Å². The van der Waals surface area contributed by atoms with Gasteiger partial charge in [-0.3, -0.25) is 9.59 Å². The fourth-order valence-electron chi connectivity index (χ4n) is 3.68. The Kier molecular flexibility index (Phi) is 6.15. The molecule has 7 nitrogen and oxygen atoms in total. The van der Waals surface area contributed by atoms with E-state index in [1.54, 1.807) is 24.1 Å². The Balaban J connectivity index is 1.90. The first-order valence-corrected chi connectivity index (χ1v) is 10.1. The van der Waals surface area contributed by atoms with Crippen LogP contribution in [0.5, 0.6) is 0 Å². The molecule has 1 saturated heterocycles. The highest BCUT2D eigenvalue weighted by Crippen LogP contribution is 2.24. The predicted octanol–water partition coefficient (Wildman–Crippen LogP) is 2.75. The van der Waals surface area contributed by atoms with Gasteiger partial charge in [-0.2, -0.15) is 0 Å². The molecule has 2 N–H and O–H groups in total. The van der Waals surface area contributed by atoms with Gasteiger partial charge in [-0.1, -0.05) is 26.0 Å². The molecule has 2 amide bonds. The summed E-state index contributed by atoms with van der Waals surface area (Å²) < 4.78 is 0. The van der Waals surface area contributed by atoms with Crippen molar-refractivity contribution in [1.82, 2.24) is 19.8 Å². The van der Waals surface area contributed by atoms with Crippen LogP contribution in [0.3, 0.4) is 0 Å². The molecule has 2 aromatic rings. The lowest BCUT2D eigenvalue weighted by molar-refractivity contribution is -0.140. The molecule has 1 aliphatic heterocycles. The minimum atomic E-state index is -0.418. The van der Waals surface area contributed by atoms with Crippen LogP contribution in [0.2, 0.25) is 0 Å². The summed E-state index contributed by atoms with van der Waals surface area (Å²) in [6, 6.07) is 6.90. The fourth-order valence-corrected chi connectivity index (χ4v) is 3.68. The molecule has 0 radical (unpaired) electrons. The molecular weight excluding hydrogens is 366 g/mol. The van der Waals surface area contributed by atoms with Crippen molar-refractivity contribution in [3.05, 3.63) is 41.7 Å². The Bertz CT molecular complexity index is 912. The van der Waals surface area contributed by atoms with Crippen molar-refractivity contribution in [2.75, 3.05) is 25.4 Å². The number of carbonyl (C=O) groups excluding carboxylic acids is 2. The minimum absolute atomic E-state index is 0.0389. The molecule has 3 rings (SSSR count). The van der Waals surface area contributed by atoms with Crippen LogP contribution >= 0.6 is 0 Å². The maximum Gasteiger partial charge on any atom is 0.254 e. The molecule has 1 aromatic heterocycles. The average Bonchev–Trinajstić information content (AvgIpc) is 2.71. The van der Waals surface area contributed by atoms with Gasteiger partial charge in [-0.25, -0.2) is 9.97 Å². The van der Waals surface area contributed by atoms with Crippen molar-refractivity contribution in [2.45, 2.75) is 40.2 Å². The van der Waals surface area contributed by atoms with Crippen LogP contribution in [0.15, 0.2) is 30.5 Å². The van der Waals surface area contributed by atoms with Crippen LogP contribution in [0.4, 0.5) is 5.82 Å². The summed E-state index contributed by atoms with van der Waals surface area (Å²) >= 11 is 0. The number of hydrogen-bond acceptors (Lipinski definition) is 5. The number of aryl methyl sites for hydroxylation is 1. The highest BCUT2D eigenvalue weighted by Gasteiger charge is 2.37. The summed E-state index contributed by atoms with van der Waals surface area (Å²) in [5.74, 6) is 0.624. The molecule has 0 spiro atoms. The van der Waals surface area contributed by atoms with E-state index in [2.05, 4.69) is 23.8 Å². The summed E-state index contributed by atoms with van der Waals surface area (Å²) in [5, 5.41) is 0. The molecule has 1 fully saturated rings. The van der Waals surface area contributed by atoms with E-state index in [0.29, 0.717) is 54.7 Å². The van der Waals surface area contributed by atoms with E-state index in [0.717, 1.165) is 5.56 Å². The monoisotopic (exact) mass is 395 g/mol. The Morgan fingerprint density at radius 1 is 1.31 bits per heavy atom. The van der Waals surface area contributed by atoms with E-state index < -0.39 is 6.04 Å². The third-order valence-corrected chi connectivity index (χ3v) is 5.31. The second-order valence-electron chi connectivity index (χ2n) is 7.87. The summed E-state index contributed by atoms with van der Waals surface area (Å²) in [5.41, 5.74) is 8.42. The topological polar surface area (TPSA) is 92.4 Å². The van der Waals surface area contributed by atoms with Crippen molar-refractivity contribution in [1.29, 1.82) is 0 Å². The molecule has 1 aliphatic rings. The summed E-state index contributed by atoms with van der Waals surface area (Å²) in [4.78, 5) is 38.4. The summed E-state index contributed by atoms with van der Waals surface area (Å²) in [6.07, 6.45) is 2.26. The Hall–Kier alpha value is -2.96. The van der Waals surface area contributed by atoms with E-state index in [1.807, 2.05) is 30.0 Å². The van der Waals surface area contributed by atoms with Gasteiger partial charge in [0.15, 0.2) is 0 Å². The van der Waals surface area contributed by atoms with Gasteiger partial charge in [-0.05, 0) is 38.3 Å². The fraction of sp³-hybridized carbons (Fsp3) is 0.455. The molecular formula is C22H29N5O2. The van der Waals surface area contributed by atoms with E-state index in [9.17, 15) is 9.59 Å². The number of piperazine rings is 1. The Labute approximate surface area is 171 Å². The first-order chi connectivity index (χ1) is 13.8. The molecule has 29 heavy (non-hydrogen) atoms.